The predicted octanol–water partition coefficient (Wildman–Crippen LogP) is 2.55. The van der Waals surface area contributed by atoms with E-state index >= 15 is 0 Å². The van der Waals surface area contributed by atoms with Crippen molar-refractivity contribution in [1.29, 1.82) is 0 Å². The number of nitrogens with zero attached hydrogens (tertiary/aromatic N) is 3. The molecule has 0 N–H and O–H groups in total. The fourth-order valence-corrected chi connectivity index (χ4v) is 3.17. The maximum atomic E-state index is 12.4. The highest BCUT2D eigenvalue weighted by Crippen LogP contribution is 2.24. The van der Waals surface area contributed by atoms with E-state index in [0.717, 1.165) is 4.96 Å². The molecule has 0 atom stereocenters. The maximum absolute atomic E-state index is 12.4. The molecule has 1 aromatic carbocycles. The van der Waals surface area contributed by atoms with Gasteiger partial charge in [-0.05, 0) is 11.1 Å². The number of fused-ring (bicyclic) bond motifs is 2. The van der Waals surface area contributed by atoms with E-state index in [-0.39, 0.29) is 5.91 Å². The Morgan fingerprint density at radius 1 is 1.21 bits per heavy atom. The number of thiazole rings is 1. The average molecular weight is 269 g/mol. The molecule has 2 aromatic heterocycles. The molecular weight excluding hydrogens is 258 g/mol. The molecule has 0 fully saturated rings. The summed E-state index contributed by atoms with van der Waals surface area (Å²) in [6.45, 7) is 1.36. The van der Waals surface area contributed by atoms with Crippen LogP contribution < -0.4 is 0 Å². The van der Waals surface area contributed by atoms with Crippen molar-refractivity contribution in [2.75, 3.05) is 0 Å². The number of hydrogen-bond acceptors (Lipinski definition) is 3. The average Bonchev–Trinajstić information content (AvgIpc) is 3.10. The van der Waals surface area contributed by atoms with Crippen LogP contribution in [0.15, 0.2) is 42.0 Å². The van der Waals surface area contributed by atoms with Crippen LogP contribution in [0.1, 0.15) is 21.6 Å². The molecule has 4 nitrogen and oxygen atoms in total. The molecule has 0 saturated heterocycles. The molecule has 0 aliphatic carbocycles. The van der Waals surface area contributed by atoms with Crippen LogP contribution in [-0.2, 0) is 13.1 Å². The Kier molecular flexibility index (Phi) is 2.22. The van der Waals surface area contributed by atoms with Gasteiger partial charge in [-0.3, -0.25) is 9.20 Å². The van der Waals surface area contributed by atoms with Crippen molar-refractivity contribution >= 4 is 22.2 Å². The lowest BCUT2D eigenvalue weighted by Gasteiger charge is -2.13. The van der Waals surface area contributed by atoms with Crippen LogP contribution in [0, 0.1) is 0 Å². The number of benzene rings is 1. The fourth-order valence-electron chi connectivity index (χ4n) is 2.47. The second-order valence-corrected chi connectivity index (χ2v) is 5.52. The van der Waals surface area contributed by atoms with Gasteiger partial charge in [-0.25, -0.2) is 4.98 Å². The van der Waals surface area contributed by atoms with E-state index in [1.54, 1.807) is 6.20 Å². The van der Waals surface area contributed by atoms with E-state index < -0.39 is 0 Å². The summed E-state index contributed by atoms with van der Waals surface area (Å²) in [5.74, 6) is 0.00657. The summed E-state index contributed by atoms with van der Waals surface area (Å²) in [5, 5.41) is 1.96. The summed E-state index contributed by atoms with van der Waals surface area (Å²) in [4.78, 5) is 19.5. The first-order chi connectivity index (χ1) is 9.31. The lowest BCUT2D eigenvalue weighted by Crippen LogP contribution is -2.25. The zero-order chi connectivity index (χ0) is 12.8. The summed E-state index contributed by atoms with van der Waals surface area (Å²) in [6.07, 6.45) is 3.72. The van der Waals surface area contributed by atoms with Gasteiger partial charge in [0.1, 0.15) is 5.69 Å². The van der Waals surface area contributed by atoms with E-state index in [9.17, 15) is 4.79 Å². The zero-order valence-corrected chi connectivity index (χ0v) is 10.9. The van der Waals surface area contributed by atoms with Gasteiger partial charge in [-0.1, -0.05) is 24.3 Å². The third-order valence-electron chi connectivity index (χ3n) is 3.44. The van der Waals surface area contributed by atoms with Crippen LogP contribution in [0.5, 0.6) is 0 Å². The highest BCUT2D eigenvalue weighted by atomic mass is 32.1. The van der Waals surface area contributed by atoms with Gasteiger partial charge in [0.15, 0.2) is 4.96 Å². The predicted molar refractivity (Wildman–Crippen MR) is 73.1 cm³/mol. The van der Waals surface area contributed by atoms with E-state index in [0.29, 0.717) is 18.8 Å². The van der Waals surface area contributed by atoms with Crippen LogP contribution in [0.3, 0.4) is 0 Å². The molecule has 1 amide bonds. The monoisotopic (exact) mass is 269 g/mol. The number of rotatable bonds is 1. The maximum Gasteiger partial charge on any atom is 0.274 e. The number of imidazole rings is 1. The summed E-state index contributed by atoms with van der Waals surface area (Å²) in [7, 11) is 0. The Bertz CT molecular complexity index is 720. The van der Waals surface area contributed by atoms with E-state index in [4.69, 9.17) is 0 Å². The Morgan fingerprint density at radius 2 is 1.95 bits per heavy atom. The number of hydrogen-bond donors (Lipinski definition) is 0. The van der Waals surface area contributed by atoms with Gasteiger partial charge in [0.25, 0.3) is 5.91 Å². The molecule has 1 aliphatic rings. The van der Waals surface area contributed by atoms with Gasteiger partial charge < -0.3 is 4.90 Å². The van der Waals surface area contributed by atoms with Crippen LogP contribution in [0.25, 0.3) is 4.96 Å². The highest BCUT2D eigenvalue weighted by molar-refractivity contribution is 7.15. The molecule has 3 heterocycles. The van der Waals surface area contributed by atoms with Crippen LogP contribution in [0.2, 0.25) is 0 Å². The standard InChI is InChI=1S/C14H11N3OS/c18-13(12-9-16-5-6-19-14(16)15-12)17-7-10-3-1-2-4-11(10)8-17/h1-6,9H,7-8H2. The second kappa shape index (κ2) is 3.93. The van der Waals surface area contributed by atoms with E-state index in [1.807, 2.05) is 33.0 Å². The highest BCUT2D eigenvalue weighted by Gasteiger charge is 2.25. The van der Waals surface area contributed by atoms with Crippen molar-refractivity contribution in [2.24, 2.45) is 0 Å². The third-order valence-corrected chi connectivity index (χ3v) is 4.21. The van der Waals surface area contributed by atoms with Crippen molar-refractivity contribution in [3.05, 3.63) is 58.9 Å². The van der Waals surface area contributed by atoms with Gasteiger partial charge in [0.2, 0.25) is 0 Å². The van der Waals surface area contributed by atoms with Crippen molar-refractivity contribution in [2.45, 2.75) is 13.1 Å². The topological polar surface area (TPSA) is 37.6 Å². The second-order valence-electron chi connectivity index (χ2n) is 4.65. The molecule has 0 radical (unpaired) electrons. The van der Waals surface area contributed by atoms with E-state index in [1.165, 1.54) is 22.5 Å². The lowest BCUT2D eigenvalue weighted by molar-refractivity contribution is 0.0746. The molecule has 94 valence electrons. The normalized spacial score (nSPS) is 14.0. The van der Waals surface area contributed by atoms with Gasteiger partial charge in [0.05, 0.1) is 0 Å². The first-order valence-corrected chi connectivity index (χ1v) is 6.97. The Balaban J connectivity index is 1.64. The number of carbonyl (C=O) groups is 1. The Morgan fingerprint density at radius 3 is 2.63 bits per heavy atom. The Labute approximate surface area is 113 Å². The fraction of sp³-hybridized carbons (Fsp3) is 0.143. The van der Waals surface area contributed by atoms with Crippen LogP contribution in [-0.4, -0.2) is 20.2 Å². The van der Waals surface area contributed by atoms with Crippen molar-refractivity contribution < 1.29 is 4.79 Å². The minimum absolute atomic E-state index is 0.00657. The van der Waals surface area contributed by atoms with Gasteiger partial charge in [0, 0.05) is 30.9 Å². The van der Waals surface area contributed by atoms with Crippen molar-refractivity contribution in [1.82, 2.24) is 14.3 Å². The smallest absolute Gasteiger partial charge is 0.274 e. The van der Waals surface area contributed by atoms with Crippen LogP contribution >= 0.6 is 11.3 Å². The molecule has 0 unspecified atom stereocenters. The molecule has 0 spiro atoms. The first kappa shape index (κ1) is 10.8. The summed E-state index contributed by atoms with van der Waals surface area (Å²) >= 11 is 1.54. The Hall–Kier alpha value is -2.14. The first-order valence-electron chi connectivity index (χ1n) is 6.09. The van der Waals surface area contributed by atoms with Crippen molar-refractivity contribution in [3.63, 3.8) is 0 Å². The SMILES string of the molecule is O=C(c1cn2ccsc2n1)N1Cc2ccccc2C1. The number of aromatic nitrogens is 2. The molecule has 19 heavy (non-hydrogen) atoms. The minimum atomic E-state index is 0.00657. The quantitative estimate of drug-likeness (QED) is 0.681. The number of amides is 1. The summed E-state index contributed by atoms with van der Waals surface area (Å²) < 4.78 is 1.89. The molecule has 1 aliphatic heterocycles. The van der Waals surface area contributed by atoms with E-state index in [2.05, 4.69) is 17.1 Å². The molecule has 0 bridgehead atoms. The molecule has 5 heteroatoms. The molecule has 4 rings (SSSR count). The largest absolute Gasteiger partial charge is 0.329 e. The van der Waals surface area contributed by atoms with Gasteiger partial charge in [-0.2, -0.15) is 0 Å². The third kappa shape index (κ3) is 1.66. The van der Waals surface area contributed by atoms with Crippen molar-refractivity contribution in [3.8, 4) is 0 Å². The lowest BCUT2D eigenvalue weighted by atomic mass is 10.1. The molecule has 0 saturated carbocycles. The molecular formula is C14H11N3OS. The summed E-state index contributed by atoms with van der Waals surface area (Å²) in [6, 6.07) is 8.18. The minimum Gasteiger partial charge on any atom is -0.329 e. The van der Waals surface area contributed by atoms with Gasteiger partial charge >= 0.3 is 0 Å². The van der Waals surface area contributed by atoms with Crippen LogP contribution in [0.4, 0.5) is 0 Å². The number of carbonyl (C=O) groups excluding carboxylic acids is 1. The molecule has 3 aromatic rings. The zero-order valence-electron chi connectivity index (χ0n) is 10.1. The summed E-state index contributed by atoms with van der Waals surface area (Å²) in [5.41, 5.74) is 2.99. The van der Waals surface area contributed by atoms with Gasteiger partial charge in [-0.15, -0.1) is 11.3 Å².